The molecular formula is C13H16N4O3S. The summed E-state index contributed by atoms with van der Waals surface area (Å²) < 4.78 is 1.29. The van der Waals surface area contributed by atoms with Gasteiger partial charge in [-0.2, -0.15) is 9.61 Å². The molecule has 0 bridgehead atoms. The summed E-state index contributed by atoms with van der Waals surface area (Å²) in [6.45, 7) is 3.30. The van der Waals surface area contributed by atoms with Crippen molar-refractivity contribution in [3.63, 3.8) is 0 Å². The van der Waals surface area contributed by atoms with Crippen molar-refractivity contribution in [3.8, 4) is 0 Å². The first kappa shape index (κ1) is 14.2. The number of carbonyl (C=O) groups is 1. The van der Waals surface area contributed by atoms with Crippen molar-refractivity contribution in [1.29, 1.82) is 0 Å². The van der Waals surface area contributed by atoms with E-state index in [-0.39, 0.29) is 17.5 Å². The standard InChI is InChI=1S/C13H16N4O3S/c1-8-4-9(12(19)20)2-3-16(8)6-10-5-11(18)17-13(15-10)21-7-14-17/h5,7-9H,2-4,6H2,1H3,(H,19,20). The number of aliphatic carboxylic acids is 1. The van der Waals surface area contributed by atoms with Crippen LogP contribution in [0.15, 0.2) is 16.4 Å². The minimum atomic E-state index is -0.719. The average molecular weight is 308 g/mol. The second-order valence-electron chi connectivity index (χ2n) is 5.40. The van der Waals surface area contributed by atoms with E-state index in [9.17, 15) is 9.59 Å². The van der Waals surface area contributed by atoms with Crippen LogP contribution < -0.4 is 5.56 Å². The Balaban J connectivity index is 1.76. The fraction of sp³-hybridized carbons (Fsp3) is 0.538. The number of rotatable bonds is 3. The molecule has 0 aromatic carbocycles. The largest absolute Gasteiger partial charge is 0.481 e. The van der Waals surface area contributed by atoms with Crippen molar-refractivity contribution in [2.24, 2.45) is 5.92 Å². The molecule has 2 atom stereocenters. The van der Waals surface area contributed by atoms with Gasteiger partial charge in [0.15, 0.2) is 0 Å². The molecule has 1 aliphatic heterocycles. The minimum absolute atomic E-state index is 0.168. The lowest BCUT2D eigenvalue weighted by Gasteiger charge is -2.35. The average Bonchev–Trinajstić information content (AvgIpc) is 2.89. The molecule has 0 radical (unpaired) electrons. The van der Waals surface area contributed by atoms with E-state index >= 15 is 0 Å². The highest BCUT2D eigenvalue weighted by Crippen LogP contribution is 2.24. The van der Waals surface area contributed by atoms with Gasteiger partial charge in [-0.3, -0.25) is 14.5 Å². The summed E-state index contributed by atoms with van der Waals surface area (Å²) in [5.41, 5.74) is 2.13. The second kappa shape index (κ2) is 5.53. The van der Waals surface area contributed by atoms with Gasteiger partial charge in [0.2, 0.25) is 4.96 Å². The number of aromatic nitrogens is 3. The van der Waals surface area contributed by atoms with E-state index in [0.29, 0.717) is 36.6 Å². The summed E-state index contributed by atoms with van der Waals surface area (Å²) >= 11 is 1.33. The fourth-order valence-corrected chi connectivity index (χ4v) is 3.41. The molecular weight excluding hydrogens is 292 g/mol. The molecule has 3 rings (SSSR count). The third-order valence-corrected chi connectivity index (χ3v) is 4.64. The maximum atomic E-state index is 11.9. The second-order valence-corrected chi connectivity index (χ2v) is 6.21. The molecule has 0 aliphatic carbocycles. The molecule has 0 spiro atoms. The van der Waals surface area contributed by atoms with Crippen LogP contribution in [0.25, 0.3) is 4.96 Å². The number of hydrogen-bond donors (Lipinski definition) is 1. The van der Waals surface area contributed by atoms with Gasteiger partial charge in [0.25, 0.3) is 5.56 Å². The number of nitrogens with zero attached hydrogens (tertiary/aromatic N) is 4. The first-order valence-corrected chi connectivity index (χ1v) is 7.72. The first-order valence-electron chi connectivity index (χ1n) is 6.84. The summed E-state index contributed by atoms with van der Waals surface area (Å²) in [7, 11) is 0. The van der Waals surface area contributed by atoms with E-state index in [1.807, 2.05) is 6.92 Å². The molecule has 112 valence electrons. The van der Waals surface area contributed by atoms with Crippen molar-refractivity contribution >= 4 is 22.3 Å². The van der Waals surface area contributed by atoms with Crippen LogP contribution in [0.2, 0.25) is 0 Å². The zero-order chi connectivity index (χ0) is 15.0. The van der Waals surface area contributed by atoms with E-state index in [1.54, 1.807) is 5.51 Å². The molecule has 21 heavy (non-hydrogen) atoms. The summed E-state index contributed by atoms with van der Waals surface area (Å²) in [5.74, 6) is -0.984. The SMILES string of the molecule is CC1CC(C(=O)O)CCN1Cc1cc(=O)n2ncsc2n1. The van der Waals surface area contributed by atoms with Crippen molar-refractivity contribution < 1.29 is 9.90 Å². The molecule has 8 heteroatoms. The zero-order valence-electron chi connectivity index (χ0n) is 11.6. The lowest BCUT2D eigenvalue weighted by Crippen LogP contribution is -2.42. The van der Waals surface area contributed by atoms with Crippen LogP contribution in [0, 0.1) is 5.92 Å². The Labute approximate surface area is 124 Å². The predicted molar refractivity (Wildman–Crippen MR) is 77.4 cm³/mol. The molecule has 1 saturated heterocycles. The van der Waals surface area contributed by atoms with E-state index in [4.69, 9.17) is 5.11 Å². The molecule has 1 aliphatic rings. The van der Waals surface area contributed by atoms with Gasteiger partial charge in [-0.1, -0.05) is 11.3 Å². The van der Waals surface area contributed by atoms with E-state index in [2.05, 4.69) is 15.0 Å². The third-order valence-electron chi connectivity index (χ3n) is 3.97. The van der Waals surface area contributed by atoms with Crippen molar-refractivity contribution in [3.05, 3.63) is 27.6 Å². The third kappa shape index (κ3) is 2.81. The highest BCUT2D eigenvalue weighted by Gasteiger charge is 2.29. The lowest BCUT2D eigenvalue weighted by atomic mass is 9.91. The smallest absolute Gasteiger partial charge is 0.306 e. The Morgan fingerprint density at radius 3 is 3.10 bits per heavy atom. The monoisotopic (exact) mass is 308 g/mol. The minimum Gasteiger partial charge on any atom is -0.481 e. The normalized spacial score (nSPS) is 23.5. The molecule has 1 fully saturated rings. The molecule has 0 saturated carbocycles. The molecule has 2 aromatic heterocycles. The highest BCUT2D eigenvalue weighted by atomic mass is 32.1. The Bertz CT molecular complexity index is 726. The van der Waals surface area contributed by atoms with Crippen LogP contribution in [-0.4, -0.2) is 43.2 Å². The Kier molecular flexibility index (Phi) is 3.73. The number of piperidine rings is 1. The molecule has 2 unspecified atom stereocenters. The lowest BCUT2D eigenvalue weighted by molar-refractivity contribution is -0.144. The molecule has 7 nitrogen and oxygen atoms in total. The van der Waals surface area contributed by atoms with Gasteiger partial charge >= 0.3 is 5.97 Å². The van der Waals surface area contributed by atoms with E-state index in [0.717, 1.165) is 0 Å². The number of fused-ring (bicyclic) bond motifs is 1. The van der Waals surface area contributed by atoms with Crippen molar-refractivity contribution in [2.45, 2.75) is 32.4 Å². The van der Waals surface area contributed by atoms with Crippen molar-refractivity contribution in [1.82, 2.24) is 19.5 Å². The summed E-state index contributed by atoms with van der Waals surface area (Å²) in [4.78, 5) is 30.1. The van der Waals surface area contributed by atoms with Crippen LogP contribution in [-0.2, 0) is 11.3 Å². The Hall–Kier alpha value is -1.80. The highest BCUT2D eigenvalue weighted by molar-refractivity contribution is 7.14. The molecule has 1 N–H and O–H groups in total. The first-order chi connectivity index (χ1) is 10.0. The quantitative estimate of drug-likeness (QED) is 0.904. The van der Waals surface area contributed by atoms with Gasteiger partial charge in [-0.15, -0.1) is 0 Å². The Morgan fingerprint density at radius 1 is 1.57 bits per heavy atom. The van der Waals surface area contributed by atoms with Crippen LogP contribution in [0.5, 0.6) is 0 Å². The summed E-state index contributed by atoms with van der Waals surface area (Å²) in [6.07, 6.45) is 1.28. The van der Waals surface area contributed by atoms with Gasteiger partial charge in [0.1, 0.15) is 5.51 Å². The number of hydrogen-bond acceptors (Lipinski definition) is 6. The van der Waals surface area contributed by atoms with E-state index in [1.165, 1.54) is 21.9 Å². The molecule has 2 aromatic rings. The van der Waals surface area contributed by atoms with Gasteiger partial charge in [0.05, 0.1) is 11.6 Å². The van der Waals surface area contributed by atoms with Crippen LogP contribution >= 0.6 is 11.3 Å². The summed E-state index contributed by atoms with van der Waals surface area (Å²) in [6, 6.07) is 1.67. The van der Waals surface area contributed by atoms with Gasteiger partial charge in [-0.05, 0) is 26.3 Å². The molecule has 3 heterocycles. The fourth-order valence-electron chi connectivity index (χ4n) is 2.77. The van der Waals surface area contributed by atoms with Crippen LogP contribution in [0.4, 0.5) is 0 Å². The van der Waals surface area contributed by atoms with Gasteiger partial charge in [0, 0.05) is 18.7 Å². The van der Waals surface area contributed by atoms with E-state index < -0.39 is 5.97 Å². The number of carboxylic acid groups (broad SMARTS) is 1. The van der Waals surface area contributed by atoms with Crippen LogP contribution in [0.3, 0.4) is 0 Å². The Morgan fingerprint density at radius 2 is 2.38 bits per heavy atom. The zero-order valence-corrected chi connectivity index (χ0v) is 12.4. The molecule has 0 amide bonds. The summed E-state index contributed by atoms with van der Waals surface area (Å²) in [5, 5.41) is 13.0. The topological polar surface area (TPSA) is 87.8 Å². The van der Waals surface area contributed by atoms with Crippen molar-refractivity contribution in [2.75, 3.05) is 6.54 Å². The predicted octanol–water partition coefficient (Wildman–Crippen LogP) is 0.836. The van der Waals surface area contributed by atoms with Gasteiger partial charge < -0.3 is 5.11 Å². The maximum Gasteiger partial charge on any atom is 0.306 e. The number of likely N-dealkylation sites (tertiary alicyclic amines) is 1. The maximum absolute atomic E-state index is 11.9. The van der Waals surface area contributed by atoms with Gasteiger partial charge in [-0.25, -0.2) is 4.98 Å². The number of carboxylic acids is 1. The van der Waals surface area contributed by atoms with Crippen LogP contribution in [0.1, 0.15) is 25.5 Å².